The SMILES string of the molecule is O=C(O)C=Cc1cnccc1C(=O)Nc1cccc(Cl)c1. The first kappa shape index (κ1) is 14.7. The molecule has 0 aliphatic carbocycles. The van der Waals surface area contributed by atoms with E-state index in [1.54, 1.807) is 24.3 Å². The van der Waals surface area contributed by atoms with Gasteiger partial charge in [0.2, 0.25) is 0 Å². The van der Waals surface area contributed by atoms with Crippen molar-refractivity contribution in [1.82, 2.24) is 4.98 Å². The molecule has 2 N–H and O–H groups in total. The van der Waals surface area contributed by atoms with Gasteiger partial charge in [-0.25, -0.2) is 4.79 Å². The quantitative estimate of drug-likeness (QED) is 0.851. The second-order valence-electron chi connectivity index (χ2n) is 4.10. The van der Waals surface area contributed by atoms with Crippen LogP contribution < -0.4 is 5.32 Å². The van der Waals surface area contributed by atoms with Crippen LogP contribution in [-0.2, 0) is 4.79 Å². The number of benzene rings is 1. The fourth-order valence-corrected chi connectivity index (χ4v) is 1.86. The van der Waals surface area contributed by atoms with Gasteiger partial charge in [-0.1, -0.05) is 17.7 Å². The Morgan fingerprint density at radius 2 is 2.10 bits per heavy atom. The highest BCUT2D eigenvalue weighted by molar-refractivity contribution is 6.31. The topological polar surface area (TPSA) is 79.3 Å². The monoisotopic (exact) mass is 302 g/mol. The summed E-state index contributed by atoms with van der Waals surface area (Å²) in [4.78, 5) is 26.7. The molecule has 0 radical (unpaired) electrons. The lowest BCUT2D eigenvalue weighted by Gasteiger charge is -2.07. The number of carbonyl (C=O) groups excluding carboxylic acids is 1. The number of halogens is 1. The number of nitrogens with one attached hydrogen (secondary N) is 1. The summed E-state index contributed by atoms with van der Waals surface area (Å²) in [7, 11) is 0. The Kier molecular flexibility index (Phi) is 4.68. The number of aliphatic carboxylic acids is 1. The number of nitrogens with zero attached hydrogens (tertiary/aromatic N) is 1. The molecule has 0 unspecified atom stereocenters. The van der Waals surface area contributed by atoms with Gasteiger partial charge >= 0.3 is 5.97 Å². The Bertz CT molecular complexity index is 714. The maximum absolute atomic E-state index is 12.2. The molecule has 0 saturated heterocycles. The molecule has 1 heterocycles. The van der Waals surface area contributed by atoms with E-state index in [0.717, 1.165) is 6.08 Å². The number of amides is 1. The average Bonchev–Trinajstić information content (AvgIpc) is 2.45. The molecule has 0 bridgehead atoms. The molecular formula is C15H11ClN2O3. The van der Waals surface area contributed by atoms with Gasteiger partial charge in [-0.05, 0) is 30.3 Å². The molecule has 2 rings (SSSR count). The van der Waals surface area contributed by atoms with E-state index < -0.39 is 5.97 Å². The largest absolute Gasteiger partial charge is 0.478 e. The summed E-state index contributed by atoms with van der Waals surface area (Å²) >= 11 is 5.85. The van der Waals surface area contributed by atoms with Gasteiger partial charge in [0.1, 0.15) is 0 Å². The molecule has 0 aliphatic heterocycles. The Labute approximate surface area is 125 Å². The Balaban J connectivity index is 2.25. The molecule has 2 aromatic rings. The Morgan fingerprint density at radius 3 is 2.81 bits per heavy atom. The lowest BCUT2D eigenvalue weighted by molar-refractivity contribution is -0.131. The van der Waals surface area contributed by atoms with Crippen molar-refractivity contribution in [3.8, 4) is 0 Å². The number of carboxylic acid groups (broad SMARTS) is 1. The van der Waals surface area contributed by atoms with Crippen molar-refractivity contribution < 1.29 is 14.7 Å². The fourth-order valence-electron chi connectivity index (χ4n) is 1.67. The van der Waals surface area contributed by atoms with Crippen LogP contribution in [0.5, 0.6) is 0 Å². The predicted molar refractivity (Wildman–Crippen MR) is 80.3 cm³/mol. The van der Waals surface area contributed by atoms with Gasteiger partial charge in [-0.15, -0.1) is 0 Å². The van der Waals surface area contributed by atoms with E-state index in [1.807, 2.05) is 0 Å². The standard InChI is InChI=1S/C15H11ClN2O3/c16-11-2-1-3-12(8-11)18-15(21)13-6-7-17-9-10(13)4-5-14(19)20/h1-9H,(H,18,21)(H,19,20). The smallest absolute Gasteiger partial charge is 0.328 e. The average molecular weight is 303 g/mol. The minimum atomic E-state index is -1.10. The summed E-state index contributed by atoms with van der Waals surface area (Å²) in [5.74, 6) is -1.47. The van der Waals surface area contributed by atoms with E-state index in [1.165, 1.54) is 24.5 Å². The van der Waals surface area contributed by atoms with E-state index in [9.17, 15) is 9.59 Å². The molecule has 6 heteroatoms. The van der Waals surface area contributed by atoms with Crippen LogP contribution in [0.1, 0.15) is 15.9 Å². The van der Waals surface area contributed by atoms with E-state index in [4.69, 9.17) is 16.7 Å². The molecule has 106 valence electrons. The van der Waals surface area contributed by atoms with Gasteiger partial charge in [0, 0.05) is 40.3 Å². The molecule has 1 aromatic carbocycles. The Hall–Kier alpha value is -2.66. The minimum absolute atomic E-state index is 0.322. The third-order valence-electron chi connectivity index (χ3n) is 2.58. The summed E-state index contributed by atoms with van der Waals surface area (Å²) in [6.45, 7) is 0. The van der Waals surface area contributed by atoms with E-state index in [2.05, 4.69) is 10.3 Å². The van der Waals surface area contributed by atoms with Crippen LogP contribution >= 0.6 is 11.6 Å². The first-order valence-corrected chi connectivity index (χ1v) is 6.36. The third kappa shape index (κ3) is 4.15. The van der Waals surface area contributed by atoms with Crippen LogP contribution in [0.15, 0.2) is 48.8 Å². The zero-order valence-electron chi connectivity index (χ0n) is 10.8. The number of pyridine rings is 1. The van der Waals surface area contributed by atoms with Crippen LogP contribution in [0.4, 0.5) is 5.69 Å². The zero-order valence-corrected chi connectivity index (χ0v) is 11.5. The van der Waals surface area contributed by atoms with Crippen molar-refractivity contribution in [2.24, 2.45) is 0 Å². The van der Waals surface area contributed by atoms with E-state index in [-0.39, 0.29) is 5.91 Å². The van der Waals surface area contributed by atoms with Gasteiger partial charge in [0.15, 0.2) is 0 Å². The van der Waals surface area contributed by atoms with Gasteiger partial charge < -0.3 is 10.4 Å². The predicted octanol–water partition coefficient (Wildman–Crippen LogP) is 3.09. The molecule has 0 saturated carbocycles. The van der Waals surface area contributed by atoms with Crippen LogP contribution in [0.2, 0.25) is 5.02 Å². The first-order chi connectivity index (χ1) is 10.1. The van der Waals surface area contributed by atoms with Gasteiger partial charge in [-0.2, -0.15) is 0 Å². The summed E-state index contributed by atoms with van der Waals surface area (Å²) < 4.78 is 0. The number of carboxylic acids is 1. The molecule has 0 atom stereocenters. The van der Waals surface area contributed by atoms with Crippen molar-refractivity contribution in [2.75, 3.05) is 5.32 Å². The maximum Gasteiger partial charge on any atom is 0.328 e. The highest BCUT2D eigenvalue weighted by Crippen LogP contribution is 2.17. The molecule has 0 fully saturated rings. The number of rotatable bonds is 4. The zero-order chi connectivity index (χ0) is 15.2. The number of carbonyl (C=O) groups is 2. The third-order valence-corrected chi connectivity index (χ3v) is 2.82. The lowest BCUT2D eigenvalue weighted by atomic mass is 10.1. The van der Waals surface area contributed by atoms with Crippen molar-refractivity contribution in [2.45, 2.75) is 0 Å². The minimum Gasteiger partial charge on any atom is -0.478 e. The van der Waals surface area contributed by atoms with Gasteiger partial charge in [0.05, 0.1) is 0 Å². The Morgan fingerprint density at radius 1 is 1.29 bits per heavy atom. The van der Waals surface area contributed by atoms with E-state index in [0.29, 0.717) is 21.8 Å². The van der Waals surface area contributed by atoms with Gasteiger partial charge in [0.25, 0.3) is 5.91 Å². The second kappa shape index (κ2) is 6.67. The van der Waals surface area contributed by atoms with Crippen molar-refractivity contribution in [3.63, 3.8) is 0 Å². The summed E-state index contributed by atoms with van der Waals surface area (Å²) in [5.41, 5.74) is 1.29. The first-order valence-electron chi connectivity index (χ1n) is 5.98. The fraction of sp³-hybridized carbons (Fsp3) is 0. The molecule has 21 heavy (non-hydrogen) atoms. The molecule has 1 amide bonds. The van der Waals surface area contributed by atoms with Crippen LogP contribution in [0, 0.1) is 0 Å². The van der Waals surface area contributed by atoms with Crippen LogP contribution in [0.3, 0.4) is 0 Å². The summed E-state index contributed by atoms with van der Waals surface area (Å²) in [5, 5.41) is 11.9. The van der Waals surface area contributed by atoms with Crippen molar-refractivity contribution in [1.29, 1.82) is 0 Å². The molecular weight excluding hydrogens is 292 g/mol. The van der Waals surface area contributed by atoms with E-state index >= 15 is 0 Å². The number of hydrogen-bond acceptors (Lipinski definition) is 3. The highest BCUT2D eigenvalue weighted by Gasteiger charge is 2.10. The van der Waals surface area contributed by atoms with Crippen LogP contribution in [0.25, 0.3) is 6.08 Å². The molecule has 0 aliphatic rings. The van der Waals surface area contributed by atoms with Gasteiger partial charge in [-0.3, -0.25) is 9.78 Å². The number of anilines is 1. The molecule has 1 aromatic heterocycles. The summed E-state index contributed by atoms with van der Waals surface area (Å²) in [6, 6.07) is 8.26. The molecule has 5 nitrogen and oxygen atoms in total. The number of aromatic nitrogens is 1. The summed E-state index contributed by atoms with van der Waals surface area (Å²) in [6.07, 6.45) is 5.16. The number of hydrogen-bond donors (Lipinski definition) is 2. The highest BCUT2D eigenvalue weighted by atomic mass is 35.5. The normalized spacial score (nSPS) is 10.5. The second-order valence-corrected chi connectivity index (χ2v) is 4.54. The van der Waals surface area contributed by atoms with Crippen LogP contribution in [-0.4, -0.2) is 22.0 Å². The molecule has 0 spiro atoms. The van der Waals surface area contributed by atoms with Crippen molar-refractivity contribution >= 4 is 35.2 Å². The van der Waals surface area contributed by atoms with Crippen molar-refractivity contribution in [3.05, 3.63) is 65.0 Å². The maximum atomic E-state index is 12.2. The lowest BCUT2D eigenvalue weighted by Crippen LogP contribution is -2.13.